The maximum absolute atomic E-state index is 3.36. The van der Waals surface area contributed by atoms with Gasteiger partial charge in [0.05, 0.1) is 0 Å². The van der Waals surface area contributed by atoms with Gasteiger partial charge in [-0.2, -0.15) is 0 Å². The maximum atomic E-state index is 3.36. The maximum Gasteiger partial charge on any atom is 0.0104 e. The summed E-state index contributed by atoms with van der Waals surface area (Å²) in [6.45, 7) is 5.69. The number of nitrogens with zero attached hydrogens (tertiary/aromatic N) is 3. The van der Waals surface area contributed by atoms with Crippen LogP contribution in [0.15, 0.2) is 12.2 Å². The molecule has 10 fully saturated rings. The molecule has 62 heavy (non-hydrogen) atoms. The summed E-state index contributed by atoms with van der Waals surface area (Å²) in [6, 6.07) is 7.95. The van der Waals surface area contributed by atoms with Gasteiger partial charge in [0.2, 0.25) is 0 Å². The highest BCUT2D eigenvalue weighted by atomic mass is 15.3. The van der Waals surface area contributed by atoms with Gasteiger partial charge < -0.3 is 0 Å². The van der Waals surface area contributed by atoms with Crippen LogP contribution < -0.4 is 0 Å². The molecule has 352 valence electrons. The van der Waals surface area contributed by atoms with Crippen molar-refractivity contribution in [3.8, 4) is 0 Å². The number of hydrogen-bond acceptors (Lipinski definition) is 3. The van der Waals surface area contributed by atoms with E-state index in [0.29, 0.717) is 5.41 Å². The molecule has 0 saturated heterocycles. The first kappa shape index (κ1) is 45.4. The first-order valence-electron chi connectivity index (χ1n) is 29.5. The summed E-state index contributed by atoms with van der Waals surface area (Å²) in [7, 11) is 0. The molecule has 0 aliphatic heterocycles. The van der Waals surface area contributed by atoms with E-state index >= 15 is 0 Å². The highest BCUT2D eigenvalue weighted by Gasteiger charge is 2.59. The number of allylic oxidation sites excluding steroid dienone is 2. The third-order valence-corrected chi connectivity index (χ3v) is 22.0. The molecule has 3 nitrogen and oxygen atoms in total. The van der Waals surface area contributed by atoms with Crippen molar-refractivity contribution >= 4 is 0 Å². The van der Waals surface area contributed by atoms with Crippen molar-refractivity contribution in [1.82, 2.24) is 14.7 Å². The molecule has 10 saturated carbocycles. The second-order valence-corrected chi connectivity index (χ2v) is 25.6. The van der Waals surface area contributed by atoms with Crippen molar-refractivity contribution < 1.29 is 0 Å². The van der Waals surface area contributed by atoms with Gasteiger partial charge in [-0.25, -0.2) is 0 Å². The van der Waals surface area contributed by atoms with Crippen LogP contribution in [0.4, 0.5) is 0 Å². The minimum atomic E-state index is 0.503. The predicted octanol–water partition coefficient (Wildman–Crippen LogP) is 15.8. The van der Waals surface area contributed by atoms with Crippen LogP contribution in [0.2, 0.25) is 0 Å². The van der Waals surface area contributed by atoms with Gasteiger partial charge in [-0.1, -0.05) is 122 Å². The SMILES string of the molecule is CC1(C)C2CC(N(C3CCCCC3)C3CCC(C=CC4CCCCC4)CC3)CCC2C2CCC(N(C3CCCCC3)C3CCC(N(C4CCCCC4)C4CCCCC4)CC3)CC21. The Balaban J connectivity index is 0.809. The average Bonchev–Trinajstić information content (AvgIpc) is 3.56. The lowest BCUT2D eigenvalue weighted by Gasteiger charge is -2.53. The van der Waals surface area contributed by atoms with Crippen molar-refractivity contribution in [3.63, 3.8) is 0 Å². The first-order chi connectivity index (χ1) is 30.5. The van der Waals surface area contributed by atoms with Crippen molar-refractivity contribution in [1.29, 1.82) is 0 Å². The summed E-state index contributed by atoms with van der Waals surface area (Å²) >= 11 is 0. The van der Waals surface area contributed by atoms with E-state index in [1.165, 1.54) is 225 Å². The molecule has 0 N–H and O–H groups in total. The summed E-state index contributed by atoms with van der Waals surface area (Å²) in [5.74, 6) is 5.71. The molecular weight excluding hydrogens is 751 g/mol. The lowest BCUT2D eigenvalue weighted by molar-refractivity contribution is -0.0330. The number of hydrogen-bond donors (Lipinski definition) is 0. The molecule has 0 aromatic carbocycles. The van der Waals surface area contributed by atoms with Crippen molar-refractivity contribution in [2.24, 2.45) is 40.9 Å². The molecule has 0 amide bonds. The minimum absolute atomic E-state index is 0.503. The van der Waals surface area contributed by atoms with E-state index in [0.717, 1.165) is 89.9 Å². The normalized spacial score (nSPS) is 40.3. The van der Waals surface area contributed by atoms with Gasteiger partial charge in [-0.3, -0.25) is 14.7 Å². The highest BCUT2D eigenvalue weighted by molar-refractivity contribution is 5.10. The summed E-state index contributed by atoms with van der Waals surface area (Å²) in [4.78, 5) is 9.93. The minimum Gasteiger partial charge on any atom is -0.294 e. The zero-order chi connectivity index (χ0) is 41.9. The van der Waals surface area contributed by atoms with Gasteiger partial charge in [0, 0.05) is 54.4 Å². The molecule has 0 heterocycles. The topological polar surface area (TPSA) is 9.72 Å². The van der Waals surface area contributed by atoms with E-state index in [-0.39, 0.29) is 0 Å². The van der Waals surface area contributed by atoms with Gasteiger partial charge in [-0.05, 0) is 195 Å². The molecule has 0 spiro atoms. The van der Waals surface area contributed by atoms with Crippen molar-refractivity contribution in [3.05, 3.63) is 12.2 Å². The summed E-state index contributed by atoms with van der Waals surface area (Å²) in [6.07, 6.45) is 64.0. The molecule has 3 heteroatoms. The molecule has 6 unspecified atom stereocenters. The van der Waals surface area contributed by atoms with Gasteiger partial charge in [0.15, 0.2) is 0 Å². The second-order valence-electron chi connectivity index (χ2n) is 25.6. The Morgan fingerprint density at radius 1 is 0.274 bits per heavy atom. The average molecular weight is 852 g/mol. The lowest BCUT2D eigenvalue weighted by Crippen LogP contribution is -2.56. The van der Waals surface area contributed by atoms with E-state index in [4.69, 9.17) is 0 Å². The second kappa shape index (κ2) is 21.3. The molecule has 0 aromatic heterocycles. The van der Waals surface area contributed by atoms with E-state index < -0.39 is 0 Å². The molecule has 0 aromatic rings. The number of fused-ring (bicyclic) bond motifs is 3. The molecule has 0 radical (unpaired) electrons. The Bertz CT molecular complexity index is 1340. The molecule has 0 bridgehead atoms. The standard InChI is InChI=1S/C59H101N3/c1-59(2)57-42-53(61(48-24-14-6-15-25-48)50-32-30-45(31-33-50)29-28-44-18-8-3-9-19-44)38-40-55(57)56-41-39-54(43-58(56)59)62(49-26-16-7-17-27-49)52-36-34-51(35-37-52)60(46-20-10-4-11-21-46)47-22-12-5-13-23-47/h28-29,44-58H,3-27,30-43H2,1-2H3. The summed E-state index contributed by atoms with van der Waals surface area (Å²) in [5.41, 5.74) is 0.503. The zero-order valence-corrected chi connectivity index (χ0v) is 41.2. The molecule has 6 atom stereocenters. The summed E-state index contributed by atoms with van der Waals surface area (Å²) in [5, 5.41) is 0. The summed E-state index contributed by atoms with van der Waals surface area (Å²) < 4.78 is 0. The monoisotopic (exact) mass is 852 g/mol. The lowest BCUT2D eigenvalue weighted by atomic mass is 9.66. The van der Waals surface area contributed by atoms with Crippen LogP contribution in [0.3, 0.4) is 0 Å². The Morgan fingerprint density at radius 3 is 0.887 bits per heavy atom. The fraction of sp³-hybridized carbons (Fsp3) is 0.966. The Morgan fingerprint density at radius 2 is 0.532 bits per heavy atom. The Kier molecular flexibility index (Phi) is 15.6. The van der Waals surface area contributed by atoms with Crippen LogP contribution >= 0.6 is 0 Å². The zero-order valence-electron chi connectivity index (χ0n) is 41.2. The molecule has 10 aliphatic carbocycles. The number of rotatable bonds is 11. The van der Waals surface area contributed by atoms with Crippen LogP contribution in [0, 0.1) is 40.9 Å². The van der Waals surface area contributed by atoms with Crippen molar-refractivity contribution in [2.75, 3.05) is 0 Å². The Labute approximate surface area is 384 Å². The third kappa shape index (κ3) is 10.1. The Hall–Kier alpha value is -0.380. The smallest absolute Gasteiger partial charge is 0.0104 e. The quantitative estimate of drug-likeness (QED) is 0.192. The first-order valence-corrected chi connectivity index (χ1v) is 29.5. The van der Waals surface area contributed by atoms with Crippen LogP contribution in [0.5, 0.6) is 0 Å². The van der Waals surface area contributed by atoms with Crippen LogP contribution in [0.25, 0.3) is 0 Å². The third-order valence-electron chi connectivity index (χ3n) is 22.0. The van der Waals surface area contributed by atoms with E-state index in [1.807, 2.05) is 0 Å². The van der Waals surface area contributed by atoms with Crippen molar-refractivity contribution in [2.45, 2.75) is 319 Å². The fourth-order valence-electron chi connectivity index (χ4n) is 19.0. The largest absolute Gasteiger partial charge is 0.294 e. The molecule has 10 rings (SSSR count). The predicted molar refractivity (Wildman–Crippen MR) is 264 cm³/mol. The van der Waals surface area contributed by atoms with Gasteiger partial charge >= 0.3 is 0 Å². The van der Waals surface area contributed by atoms with Crippen LogP contribution in [-0.2, 0) is 0 Å². The van der Waals surface area contributed by atoms with Gasteiger partial charge in [-0.15, -0.1) is 0 Å². The molecular formula is C59H101N3. The highest BCUT2D eigenvalue weighted by Crippen LogP contribution is 2.64. The van der Waals surface area contributed by atoms with Gasteiger partial charge in [0.25, 0.3) is 0 Å². The van der Waals surface area contributed by atoms with Crippen LogP contribution in [0.1, 0.15) is 264 Å². The van der Waals surface area contributed by atoms with E-state index in [1.54, 1.807) is 25.7 Å². The molecule has 10 aliphatic rings. The van der Waals surface area contributed by atoms with E-state index in [9.17, 15) is 0 Å². The van der Waals surface area contributed by atoms with Crippen LogP contribution in [-0.4, -0.2) is 69.1 Å². The van der Waals surface area contributed by atoms with Gasteiger partial charge in [0.1, 0.15) is 0 Å². The van der Waals surface area contributed by atoms with E-state index in [2.05, 4.69) is 40.7 Å². The fourth-order valence-corrected chi connectivity index (χ4v) is 19.0.